The second kappa shape index (κ2) is 5.22. The lowest BCUT2D eigenvalue weighted by molar-refractivity contribution is -0.661. The van der Waals surface area contributed by atoms with E-state index in [1.54, 1.807) is 11.1 Å². The van der Waals surface area contributed by atoms with E-state index < -0.39 is 0 Å². The molecule has 0 aliphatic heterocycles. The highest BCUT2D eigenvalue weighted by Gasteiger charge is 2.44. The molecule has 0 atom stereocenters. The first-order valence-electron chi connectivity index (χ1n) is 8.79. The Morgan fingerprint density at radius 2 is 1.73 bits per heavy atom. The van der Waals surface area contributed by atoms with Crippen LogP contribution in [-0.4, -0.2) is 0 Å². The number of hydrogen-bond donors (Lipinski definition) is 0. The van der Waals surface area contributed by atoms with Crippen molar-refractivity contribution in [2.45, 2.75) is 57.3 Å². The maximum absolute atomic E-state index is 2.38. The molecule has 22 heavy (non-hydrogen) atoms. The minimum atomic E-state index is 0.463. The third kappa shape index (κ3) is 2.02. The van der Waals surface area contributed by atoms with Crippen LogP contribution in [0.25, 0.3) is 11.3 Å². The van der Waals surface area contributed by atoms with Crippen molar-refractivity contribution in [3.63, 3.8) is 0 Å². The predicted octanol–water partition coefficient (Wildman–Crippen LogP) is 4.63. The molecule has 0 unspecified atom stereocenters. The molecule has 1 aromatic carbocycles. The average molecular weight is 292 g/mol. The Morgan fingerprint density at radius 1 is 0.955 bits per heavy atom. The van der Waals surface area contributed by atoms with Crippen molar-refractivity contribution >= 4 is 0 Å². The van der Waals surface area contributed by atoms with Crippen molar-refractivity contribution in [1.82, 2.24) is 0 Å². The zero-order chi connectivity index (χ0) is 15.2. The normalized spacial score (nSPS) is 19.4. The molecule has 2 aromatic rings. The molecule has 0 N–H and O–H groups in total. The summed E-state index contributed by atoms with van der Waals surface area (Å²) in [6, 6.07) is 11.3. The quantitative estimate of drug-likeness (QED) is 0.674. The molecule has 1 spiro atoms. The van der Waals surface area contributed by atoms with Crippen LogP contribution >= 0.6 is 0 Å². The van der Waals surface area contributed by atoms with Crippen molar-refractivity contribution in [3.8, 4) is 11.3 Å². The third-order valence-corrected chi connectivity index (χ3v) is 6.02. The van der Waals surface area contributed by atoms with Crippen LogP contribution in [0.3, 0.4) is 0 Å². The molecule has 1 nitrogen and oxygen atoms in total. The van der Waals surface area contributed by atoms with E-state index in [9.17, 15) is 0 Å². The van der Waals surface area contributed by atoms with Crippen LogP contribution in [0, 0.1) is 6.92 Å². The Hall–Kier alpha value is -1.63. The smallest absolute Gasteiger partial charge is 0.201 e. The van der Waals surface area contributed by atoms with Gasteiger partial charge in [-0.05, 0) is 49.8 Å². The van der Waals surface area contributed by atoms with Gasteiger partial charge in [-0.2, -0.15) is 0 Å². The molecular weight excluding hydrogens is 266 g/mol. The van der Waals surface area contributed by atoms with Gasteiger partial charge in [0.15, 0.2) is 6.20 Å². The first kappa shape index (κ1) is 14.0. The average Bonchev–Trinajstić information content (AvgIpc) is 2.88. The third-order valence-electron chi connectivity index (χ3n) is 6.02. The van der Waals surface area contributed by atoms with Crippen molar-refractivity contribution < 1.29 is 4.57 Å². The summed E-state index contributed by atoms with van der Waals surface area (Å²) in [4.78, 5) is 0. The van der Waals surface area contributed by atoms with Gasteiger partial charge in [-0.15, -0.1) is 0 Å². The van der Waals surface area contributed by atoms with Gasteiger partial charge in [0.05, 0.1) is 0 Å². The first-order valence-corrected chi connectivity index (χ1v) is 8.79. The van der Waals surface area contributed by atoms with Crippen LogP contribution in [-0.2, 0) is 18.9 Å². The Labute approximate surface area is 134 Å². The van der Waals surface area contributed by atoms with E-state index in [-0.39, 0.29) is 0 Å². The summed E-state index contributed by atoms with van der Waals surface area (Å²) in [6.45, 7) is 2.25. The number of rotatable bonds is 1. The maximum atomic E-state index is 2.38. The van der Waals surface area contributed by atoms with Crippen LogP contribution in [0.2, 0.25) is 0 Å². The van der Waals surface area contributed by atoms with Crippen molar-refractivity contribution in [3.05, 3.63) is 53.2 Å². The van der Waals surface area contributed by atoms with Crippen molar-refractivity contribution in [1.29, 1.82) is 0 Å². The molecule has 114 valence electrons. The molecule has 0 amide bonds. The minimum absolute atomic E-state index is 0.463. The molecule has 0 saturated heterocycles. The number of hydrogen-bond acceptors (Lipinski definition) is 0. The molecule has 2 aliphatic carbocycles. The van der Waals surface area contributed by atoms with Crippen LogP contribution < -0.4 is 4.57 Å². The summed E-state index contributed by atoms with van der Waals surface area (Å²) in [5.74, 6) is 0. The Balaban J connectivity index is 1.97. The van der Waals surface area contributed by atoms with Crippen LogP contribution in [0.15, 0.2) is 36.5 Å². The van der Waals surface area contributed by atoms with Gasteiger partial charge in [0.25, 0.3) is 0 Å². The summed E-state index contributed by atoms with van der Waals surface area (Å²) in [7, 11) is 2.22. The highest BCUT2D eigenvalue weighted by atomic mass is 14.9. The lowest BCUT2D eigenvalue weighted by Crippen LogP contribution is -2.36. The monoisotopic (exact) mass is 292 g/mol. The molecule has 1 saturated carbocycles. The molecule has 0 bridgehead atoms. The van der Waals surface area contributed by atoms with E-state index in [1.807, 2.05) is 0 Å². The maximum Gasteiger partial charge on any atom is 0.216 e. The number of pyridine rings is 1. The van der Waals surface area contributed by atoms with Gasteiger partial charge < -0.3 is 0 Å². The molecule has 1 heteroatoms. The number of aromatic nitrogens is 1. The number of fused-ring (bicyclic) bond motifs is 2. The van der Waals surface area contributed by atoms with E-state index >= 15 is 0 Å². The molecule has 0 radical (unpaired) electrons. The number of benzene rings is 1. The van der Waals surface area contributed by atoms with Gasteiger partial charge in [-0.3, -0.25) is 0 Å². The van der Waals surface area contributed by atoms with Gasteiger partial charge in [0.1, 0.15) is 7.05 Å². The zero-order valence-corrected chi connectivity index (χ0v) is 13.9. The Kier molecular flexibility index (Phi) is 3.32. The number of nitrogens with zero attached hydrogens (tertiary/aromatic N) is 1. The second-order valence-electron chi connectivity index (χ2n) is 7.33. The predicted molar refractivity (Wildman–Crippen MR) is 90.9 cm³/mol. The van der Waals surface area contributed by atoms with E-state index in [2.05, 4.69) is 55.1 Å². The fourth-order valence-electron chi connectivity index (χ4n) is 4.88. The van der Waals surface area contributed by atoms with Gasteiger partial charge in [0.2, 0.25) is 5.69 Å². The Bertz CT molecular complexity index is 702. The largest absolute Gasteiger partial charge is 0.216 e. The minimum Gasteiger partial charge on any atom is -0.201 e. The Morgan fingerprint density at radius 3 is 2.50 bits per heavy atom. The molecule has 4 rings (SSSR count). The fourth-order valence-corrected chi connectivity index (χ4v) is 4.88. The van der Waals surface area contributed by atoms with Crippen LogP contribution in [0.4, 0.5) is 0 Å². The fraction of sp³-hybridized carbons (Fsp3) is 0.476. The lowest BCUT2D eigenvalue weighted by Gasteiger charge is -2.34. The molecule has 1 fully saturated rings. The van der Waals surface area contributed by atoms with Crippen molar-refractivity contribution in [2.75, 3.05) is 0 Å². The first-order chi connectivity index (χ1) is 10.7. The summed E-state index contributed by atoms with van der Waals surface area (Å²) < 4.78 is 2.36. The molecular formula is C21H26N+. The van der Waals surface area contributed by atoms with E-state index in [0.717, 1.165) is 0 Å². The molecule has 1 heterocycles. The van der Waals surface area contributed by atoms with Gasteiger partial charge >= 0.3 is 0 Å². The summed E-state index contributed by atoms with van der Waals surface area (Å²) >= 11 is 0. The van der Waals surface area contributed by atoms with Gasteiger partial charge in [-0.1, -0.05) is 37.5 Å². The summed E-state index contributed by atoms with van der Waals surface area (Å²) in [5, 5.41) is 0. The topological polar surface area (TPSA) is 3.88 Å². The van der Waals surface area contributed by atoms with E-state index in [4.69, 9.17) is 0 Å². The van der Waals surface area contributed by atoms with Crippen LogP contribution in [0.1, 0.15) is 55.2 Å². The van der Waals surface area contributed by atoms with Crippen LogP contribution in [0.5, 0.6) is 0 Å². The zero-order valence-electron chi connectivity index (χ0n) is 13.9. The van der Waals surface area contributed by atoms with Gasteiger partial charge in [0, 0.05) is 22.6 Å². The SMILES string of the molecule is Cc1ccccc1-c1c2c(cc[n+]1C)CCC21CCCCC1. The number of aryl methyl sites for hydroxylation is 3. The second-order valence-corrected chi connectivity index (χ2v) is 7.33. The highest BCUT2D eigenvalue weighted by Crippen LogP contribution is 2.51. The van der Waals surface area contributed by atoms with E-state index in [1.165, 1.54) is 61.8 Å². The summed E-state index contributed by atoms with van der Waals surface area (Å²) in [5.41, 5.74) is 8.06. The standard InChI is InChI=1S/C21H26N/c1-16-8-4-5-9-18(16)20-19-17(11-15-22(20)2)10-14-21(19)12-6-3-7-13-21/h4-5,8-9,11,15H,3,6-7,10,12-14H2,1-2H3/q+1. The van der Waals surface area contributed by atoms with Crippen molar-refractivity contribution in [2.24, 2.45) is 7.05 Å². The lowest BCUT2D eigenvalue weighted by atomic mass is 9.69. The molecule has 1 aromatic heterocycles. The van der Waals surface area contributed by atoms with Gasteiger partial charge in [-0.25, -0.2) is 4.57 Å². The molecule has 2 aliphatic rings. The van der Waals surface area contributed by atoms with E-state index in [0.29, 0.717) is 5.41 Å². The summed E-state index contributed by atoms with van der Waals surface area (Å²) in [6.07, 6.45) is 11.9. The highest BCUT2D eigenvalue weighted by molar-refractivity contribution is 5.68.